The Morgan fingerprint density at radius 1 is 1.31 bits per heavy atom. The van der Waals surface area contributed by atoms with Crippen LogP contribution in [0.25, 0.3) is 0 Å². The first-order valence-electron chi connectivity index (χ1n) is 4.26. The second kappa shape index (κ2) is 6.06. The van der Waals surface area contributed by atoms with E-state index >= 15 is 0 Å². The van der Waals surface area contributed by atoms with Crippen molar-refractivity contribution in [1.29, 1.82) is 0 Å². The van der Waals surface area contributed by atoms with E-state index in [1.54, 1.807) is 6.92 Å². The highest BCUT2D eigenvalue weighted by Crippen LogP contribution is 2.14. The van der Waals surface area contributed by atoms with Crippen molar-refractivity contribution in [3.63, 3.8) is 0 Å². The fourth-order valence-corrected chi connectivity index (χ4v) is 1.80. The molecule has 3 heteroatoms. The van der Waals surface area contributed by atoms with Crippen molar-refractivity contribution in [3.8, 4) is 0 Å². The Kier molecular flexibility index (Phi) is 5.85. The summed E-state index contributed by atoms with van der Waals surface area (Å²) in [4.78, 5) is 11.1. The van der Waals surface area contributed by atoms with Crippen molar-refractivity contribution in [1.82, 2.24) is 0 Å². The standard InChI is InChI=1S/C10H18O2P/c1-8(2)6-7-12-10(9(3)11)13(4)5/h6H,7H2,1-5H3/q+1. The van der Waals surface area contributed by atoms with Crippen LogP contribution in [0.2, 0.25) is 0 Å². The third-order valence-electron chi connectivity index (χ3n) is 1.42. The smallest absolute Gasteiger partial charge is 0.292 e. The molecule has 0 aliphatic rings. The van der Waals surface area contributed by atoms with Crippen LogP contribution >= 0.6 is 7.55 Å². The molecular weight excluding hydrogens is 183 g/mol. The number of hydrogen-bond donors (Lipinski definition) is 0. The molecular formula is C10H18O2P+. The molecule has 0 saturated heterocycles. The Bertz CT molecular complexity index is 244. The van der Waals surface area contributed by atoms with Crippen LogP contribution in [0.15, 0.2) is 11.6 Å². The monoisotopic (exact) mass is 201 g/mol. The molecule has 0 amide bonds. The van der Waals surface area contributed by atoms with E-state index in [1.807, 2.05) is 33.3 Å². The molecule has 0 aromatic carbocycles. The molecule has 0 spiro atoms. The number of hydrogen-bond acceptors (Lipinski definition) is 2. The van der Waals surface area contributed by atoms with Crippen molar-refractivity contribution in [2.45, 2.75) is 20.8 Å². The van der Waals surface area contributed by atoms with Gasteiger partial charge in [-0.25, -0.2) is 0 Å². The van der Waals surface area contributed by atoms with Gasteiger partial charge in [0.2, 0.25) is 5.78 Å². The minimum absolute atomic E-state index is 0.0540. The van der Waals surface area contributed by atoms with Crippen molar-refractivity contribution in [3.05, 3.63) is 11.6 Å². The molecule has 74 valence electrons. The minimum Gasteiger partial charge on any atom is -0.304 e. The van der Waals surface area contributed by atoms with Gasteiger partial charge in [0, 0.05) is 6.92 Å². The first-order chi connectivity index (χ1) is 5.95. The maximum absolute atomic E-state index is 11.1. The molecule has 0 fully saturated rings. The van der Waals surface area contributed by atoms with E-state index in [1.165, 1.54) is 5.57 Å². The van der Waals surface area contributed by atoms with Gasteiger partial charge < -0.3 is 4.74 Å². The van der Waals surface area contributed by atoms with Gasteiger partial charge in [0.05, 0.1) is 19.9 Å². The predicted octanol–water partition coefficient (Wildman–Crippen LogP) is 2.43. The van der Waals surface area contributed by atoms with Gasteiger partial charge in [0.25, 0.3) is 5.48 Å². The highest BCUT2D eigenvalue weighted by molar-refractivity contribution is 7.59. The topological polar surface area (TPSA) is 26.3 Å². The maximum atomic E-state index is 11.1. The summed E-state index contributed by atoms with van der Waals surface area (Å²) in [6.45, 7) is 10.1. The summed E-state index contributed by atoms with van der Waals surface area (Å²) in [6, 6.07) is 0. The number of ether oxygens (including phenoxy) is 1. The molecule has 0 saturated carbocycles. The maximum Gasteiger partial charge on any atom is 0.292 e. The van der Waals surface area contributed by atoms with Crippen LogP contribution in [-0.2, 0) is 9.53 Å². The van der Waals surface area contributed by atoms with Crippen LogP contribution in [0.4, 0.5) is 0 Å². The molecule has 2 nitrogen and oxygen atoms in total. The normalized spacial score (nSPS) is 9.31. The fourth-order valence-electron chi connectivity index (χ4n) is 0.833. The van der Waals surface area contributed by atoms with Gasteiger partial charge in [-0.2, -0.15) is 0 Å². The van der Waals surface area contributed by atoms with Crippen LogP contribution < -0.4 is 0 Å². The summed E-state index contributed by atoms with van der Waals surface area (Å²) >= 11 is 0. The van der Waals surface area contributed by atoms with Crippen LogP contribution in [-0.4, -0.2) is 31.2 Å². The van der Waals surface area contributed by atoms with Crippen molar-refractivity contribution < 1.29 is 9.53 Å². The van der Waals surface area contributed by atoms with Crippen molar-refractivity contribution in [2.24, 2.45) is 0 Å². The summed E-state index contributed by atoms with van der Waals surface area (Å²) in [5, 5.41) is 0. The van der Waals surface area contributed by atoms with Crippen LogP contribution in [0.1, 0.15) is 20.8 Å². The molecule has 0 bridgehead atoms. The number of carbonyl (C=O) groups is 1. The van der Waals surface area contributed by atoms with E-state index in [-0.39, 0.29) is 5.78 Å². The van der Waals surface area contributed by atoms with E-state index in [0.717, 1.165) is 0 Å². The van der Waals surface area contributed by atoms with Crippen molar-refractivity contribution >= 4 is 18.8 Å². The summed E-state index contributed by atoms with van der Waals surface area (Å²) < 4.78 is 5.40. The highest BCUT2D eigenvalue weighted by atomic mass is 31.1. The van der Waals surface area contributed by atoms with E-state index in [4.69, 9.17) is 4.74 Å². The lowest BCUT2D eigenvalue weighted by molar-refractivity contribution is -0.112. The van der Waals surface area contributed by atoms with E-state index in [0.29, 0.717) is 12.1 Å². The third kappa shape index (κ3) is 5.73. The quantitative estimate of drug-likeness (QED) is 0.515. The summed E-state index contributed by atoms with van der Waals surface area (Å²) in [5.74, 6) is 0.0540. The highest BCUT2D eigenvalue weighted by Gasteiger charge is 2.15. The zero-order valence-electron chi connectivity index (χ0n) is 9.05. The molecule has 0 radical (unpaired) electrons. The Morgan fingerprint density at radius 3 is 2.15 bits per heavy atom. The molecule has 0 aromatic rings. The van der Waals surface area contributed by atoms with E-state index in [9.17, 15) is 4.79 Å². The first kappa shape index (κ1) is 12.5. The predicted molar refractivity (Wildman–Crippen MR) is 59.8 cm³/mol. The number of ketones is 1. The van der Waals surface area contributed by atoms with Gasteiger partial charge in [-0.05, 0) is 13.8 Å². The van der Waals surface area contributed by atoms with Crippen LogP contribution in [0.5, 0.6) is 0 Å². The Morgan fingerprint density at radius 2 is 1.85 bits per heavy atom. The molecule has 0 heterocycles. The van der Waals surface area contributed by atoms with Gasteiger partial charge in [-0.1, -0.05) is 11.6 Å². The Labute approximate surface area is 81.4 Å². The van der Waals surface area contributed by atoms with Gasteiger partial charge in [0.1, 0.15) is 7.55 Å². The average molecular weight is 201 g/mol. The molecule has 0 N–H and O–H groups in total. The zero-order valence-corrected chi connectivity index (χ0v) is 9.94. The van der Waals surface area contributed by atoms with Gasteiger partial charge in [-0.3, -0.25) is 4.79 Å². The molecule has 0 aromatic heterocycles. The summed E-state index contributed by atoms with van der Waals surface area (Å²) in [7, 11) is -0.419. The Hall–Kier alpha value is -0.460. The zero-order chi connectivity index (χ0) is 10.4. The molecule has 13 heavy (non-hydrogen) atoms. The van der Waals surface area contributed by atoms with Crippen LogP contribution in [0, 0.1) is 0 Å². The first-order valence-corrected chi connectivity index (χ1v) is 6.50. The number of carbonyl (C=O) groups excluding carboxylic acids is 1. The number of allylic oxidation sites excluding steroid dienone is 1. The fraction of sp³-hybridized carbons (Fsp3) is 0.600. The minimum atomic E-state index is -0.419. The van der Waals surface area contributed by atoms with Gasteiger partial charge in [0.15, 0.2) is 0 Å². The van der Waals surface area contributed by atoms with Gasteiger partial charge in [-0.15, -0.1) is 0 Å². The van der Waals surface area contributed by atoms with Crippen LogP contribution in [0.3, 0.4) is 0 Å². The van der Waals surface area contributed by atoms with E-state index < -0.39 is 7.55 Å². The van der Waals surface area contributed by atoms with Crippen molar-refractivity contribution in [2.75, 3.05) is 19.9 Å². The lowest BCUT2D eigenvalue weighted by atomic mass is 10.3. The second-order valence-corrected chi connectivity index (χ2v) is 5.54. The Balaban J connectivity index is 4.25. The second-order valence-electron chi connectivity index (χ2n) is 3.35. The third-order valence-corrected chi connectivity index (χ3v) is 2.68. The molecule has 0 rings (SSSR count). The number of Topliss-reactive ketones (excluding diaryl/α,β-unsaturated/α-hetero) is 1. The summed E-state index contributed by atoms with van der Waals surface area (Å²) in [5.41, 5.74) is 1.84. The number of rotatable bonds is 4. The lowest BCUT2D eigenvalue weighted by Gasteiger charge is -1.97. The summed E-state index contributed by atoms with van der Waals surface area (Å²) in [6.07, 6.45) is 1.97. The molecule has 0 atom stereocenters. The molecule has 0 unspecified atom stereocenters. The van der Waals surface area contributed by atoms with Gasteiger partial charge >= 0.3 is 0 Å². The van der Waals surface area contributed by atoms with E-state index in [2.05, 4.69) is 0 Å². The SMILES string of the molecule is CC(=O)C(OCC=C(C)C)=[P+](C)C. The largest absolute Gasteiger partial charge is 0.304 e. The molecule has 0 aliphatic heterocycles. The lowest BCUT2D eigenvalue weighted by Crippen LogP contribution is -2.13. The average Bonchev–Trinajstić information content (AvgIpc) is 1.95. The molecule has 0 aliphatic carbocycles.